The van der Waals surface area contributed by atoms with Gasteiger partial charge in [0.25, 0.3) is 0 Å². The van der Waals surface area contributed by atoms with Crippen LogP contribution in [-0.4, -0.2) is 37.0 Å². The molecule has 0 radical (unpaired) electrons. The maximum Gasteiger partial charge on any atom is 0.227 e. The lowest BCUT2D eigenvalue weighted by molar-refractivity contribution is -0.132. The van der Waals surface area contributed by atoms with Crippen LogP contribution >= 0.6 is 23.7 Å². The number of nitrogens with zero attached hydrogens (tertiary/aromatic N) is 1. The van der Waals surface area contributed by atoms with Gasteiger partial charge in [-0.3, -0.25) is 4.79 Å². The SMILES string of the molecule is Cc1ccc(CC(=O)N2CCC3(CCNC3)CC2)s1.Cl. The van der Waals surface area contributed by atoms with Gasteiger partial charge in [0.1, 0.15) is 0 Å². The molecule has 20 heavy (non-hydrogen) atoms. The molecule has 3 rings (SSSR count). The highest BCUT2D eigenvalue weighted by Crippen LogP contribution is 2.37. The summed E-state index contributed by atoms with van der Waals surface area (Å²) in [5.41, 5.74) is 0.496. The fourth-order valence-electron chi connectivity index (χ4n) is 3.29. The van der Waals surface area contributed by atoms with Crippen LogP contribution < -0.4 is 5.32 Å². The van der Waals surface area contributed by atoms with Crippen molar-refractivity contribution in [1.82, 2.24) is 10.2 Å². The molecule has 1 aromatic heterocycles. The van der Waals surface area contributed by atoms with Gasteiger partial charge in [-0.1, -0.05) is 0 Å². The molecule has 2 aliphatic rings. The van der Waals surface area contributed by atoms with Crippen molar-refractivity contribution < 1.29 is 4.79 Å². The van der Waals surface area contributed by atoms with E-state index in [2.05, 4.69) is 29.3 Å². The Bertz CT molecular complexity index is 458. The maximum absolute atomic E-state index is 12.3. The zero-order chi connectivity index (χ0) is 13.3. The molecule has 2 aliphatic heterocycles. The summed E-state index contributed by atoms with van der Waals surface area (Å²) in [4.78, 5) is 16.9. The van der Waals surface area contributed by atoms with Crippen LogP contribution in [0.5, 0.6) is 0 Å². The summed E-state index contributed by atoms with van der Waals surface area (Å²) in [5, 5.41) is 3.47. The Balaban J connectivity index is 0.00000147. The molecular weight excluding hydrogens is 292 g/mol. The number of halogens is 1. The van der Waals surface area contributed by atoms with E-state index in [1.54, 1.807) is 11.3 Å². The number of aryl methyl sites for hydroxylation is 1. The van der Waals surface area contributed by atoms with E-state index in [1.807, 2.05) is 0 Å². The summed E-state index contributed by atoms with van der Waals surface area (Å²) in [6.45, 7) is 6.30. The number of nitrogens with one attached hydrogen (secondary N) is 1. The summed E-state index contributed by atoms with van der Waals surface area (Å²) in [7, 11) is 0. The Morgan fingerprint density at radius 1 is 1.35 bits per heavy atom. The Morgan fingerprint density at radius 3 is 2.65 bits per heavy atom. The van der Waals surface area contributed by atoms with Gasteiger partial charge < -0.3 is 10.2 Å². The van der Waals surface area contributed by atoms with Crippen molar-refractivity contribution >= 4 is 29.7 Å². The minimum Gasteiger partial charge on any atom is -0.342 e. The summed E-state index contributed by atoms with van der Waals surface area (Å²) in [5.74, 6) is 0.308. The molecule has 5 heteroatoms. The van der Waals surface area contributed by atoms with Gasteiger partial charge >= 0.3 is 0 Å². The number of amides is 1. The van der Waals surface area contributed by atoms with Gasteiger partial charge in [0.15, 0.2) is 0 Å². The average Bonchev–Trinajstić information content (AvgIpc) is 3.00. The van der Waals surface area contributed by atoms with Crippen LogP contribution in [0.25, 0.3) is 0 Å². The Kier molecular flexibility index (Phi) is 5.10. The van der Waals surface area contributed by atoms with Gasteiger partial charge in [-0.05, 0) is 50.3 Å². The molecule has 1 aromatic rings. The van der Waals surface area contributed by atoms with Crippen LogP contribution in [0.15, 0.2) is 12.1 Å². The Hall–Kier alpha value is -0.580. The maximum atomic E-state index is 12.3. The Labute approximate surface area is 131 Å². The number of carbonyl (C=O) groups is 1. The van der Waals surface area contributed by atoms with Crippen LogP contribution in [0.4, 0.5) is 0 Å². The monoisotopic (exact) mass is 314 g/mol. The number of thiophene rings is 1. The van der Waals surface area contributed by atoms with E-state index in [9.17, 15) is 4.79 Å². The van der Waals surface area contributed by atoms with E-state index < -0.39 is 0 Å². The van der Waals surface area contributed by atoms with Crippen LogP contribution in [-0.2, 0) is 11.2 Å². The molecule has 1 spiro atoms. The number of rotatable bonds is 2. The fraction of sp³-hybridized carbons (Fsp3) is 0.667. The van der Waals surface area contributed by atoms with Gasteiger partial charge in [0.05, 0.1) is 6.42 Å². The zero-order valence-corrected chi connectivity index (χ0v) is 13.6. The van der Waals surface area contributed by atoms with Crippen molar-refractivity contribution in [3.8, 4) is 0 Å². The van der Waals surface area contributed by atoms with Crippen molar-refractivity contribution in [2.24, 2.45) is 5.41 Å². The molecule has 0 saturated carbocycles. The van der Waals surface area contributed by atoms with Gasteiger partial charge in [0, 0.05) is 29.4 Å². The van der Waals surface area contributed by atoms with E-state index in [-0.39, 0.29) is 12.4 Å². The topological polar surface area (TPSA) is 32.3 Å². The molecule has 0 aromatic carbocycles. The minimum absolute atomic E-state index is 0. The van der Waals surface area contributed by atoms with Gasteiger partial charge in [-0.25, -0.2) is 0 Å². The lowest BCUT2D eigenvalue weighted by atomic mass is 9.78. The largest absolute Gasteiger partial charge is 0.342 e. The lowest BCUT2D eigenvalue weighted by Gasteiger charge is -2.38. The second kappa shape index (κ2) is 6.46. The standard InChI is InChI=1S/C15H22N2OS.ClH/c1-12-2-3-13(19-12)10-14(18)17-8-5-15(6-9-17)4-7-16-11-15;/h2-3,16H,4-11H2,1H3;1H. The molecule has 2 fully saturated rings. The summed E-state index contributed by atoms with van der Waals surface area (Å²) < 4.78 is 0. The second-order valence-electron chi connectivity index (χ2n) is 6.00. The Morgan fingerprint density at radius 2 is 2.10 bits per heavy atom. The molecule has 0 atom stereocenters. The zero-order valence-electron chi connectivity index (χ0n) is 12.0. The normalized spacial score (nSPS) is 20.9. The predicted octanol–water partition coefficient (Wildman–Crippen LogP) is 2.62. The van der Waals surface area contributed by atoms with Crippen molar-refractivity contribution in [2.75, 3.05) is 26.2 Å². The summed E-state index contributed by atoms with van der Waals surface area (Å²) >= 11 is 1.74. The summed E-state index contributed by atoms with van der Waals surface area (Å²) in [6, 6.07) is 4.19. The molecule has 0 unspecified atom stereocenters. The third-order valence-electron chi connectivity index (χ3n) is 4.63. The fourth-order valence-corrected chi connectivity index (χ4v) is 4.18. The first kappa shape index (κ1) is 15.8. The number of likely N-dealkylation sites (tertiary alicyclic amines) is 1. The third-order valence-corrected chi connectivity index (χ3v) is 5.63. The van der Waals surface area contributed by atoms with E-state index in [1.165, 1.54) is 29.0 Å². The van der Waals surface area contributed by atoms with E-state index in [0.29, 0.717) is 17.7 Å². The lowest BCUT2D eigenvalue weighted by Crippen LogP contribution is -2.44. The predicted molar refractivity (Wildman–Crippen MR) is 85.7 cm³/mol. The highest BCUT2D eigenvalue weighted by Gasteiger charge is 2.37. The van der Waals surface area contributed by atoms with Crippen molar-refractivity contribution in [3.05, 3.63) is 21.9 Å². The van der Waals surface area contributed by atoms with Crippen LogP contribution in [0.2, 0.25) is 0 Å². The van der Waals surface area contributed by atoms with Gasteiger partial charge in [0.2, 0.25) is 5.91 Å². The molecule has 0 aliphatic carbocycles. The van der Waals surface area contributed by atoms with E-state index in [0.717, 1.165) is 26.2 Å². The molecule has 112 valence electrons. The smallest absolute Gasteiger partial charge is 0.227 e. The molecule has 2 saturated heterocycles. The van der Waals surface area contributed by atoms with Gasteiger partial charge in [-0.2, -0.15) is 0 Å². The van der Waals surface area contributed by atoms with Crippen molar-refractivity contribution in [1.29, 1.82) is 0 Å². The molecule has 1 N–H and O–H groups in total. The number of carbonyl (C=O) groups excluding carboxylic acids is 1. The van der Waals surface area contributed by atoms with Crippen LogP contribution in [0.3, 0.4) is 0 Å². The van der Waals surface area contributed by atoms with Crippen molar-refractivity contribution in [3.63, 3.8) is 0 Å². The number of hydrogen-bond acceptors (Lipinski definition) is 3. The first-order chi connectivity index (χ1) is 9.17. The van der Waals surface area contributed by atoms with Gasteiger partial charge in [-0.15, -0.1) is 23.7 Å². The van der Waals surface area contributed by atoms with E-state index in [4.69, 9.17) is 0 Å². The number of hydrogen-bond donors (Lipinski definition) is 1. The molecule has 3 nitrogen and oxygen atoms in total. The molecule has 1 amide bonds. The van der Waals surface area contributed by atoms with Crippen LogP contribution in [0.1, 0.15) is 29.0 Å². The van der Waals surface area contributed by atoms with E-state index >= 15 is 0 Å². The quantitative estimate of drug-likeness (QED) is 0.910. The number of piperidine rings is 1. The molecule has 3 heterocycles. The minimum atomic E-state index is 0. The second-order valence-corrected chi connectivity index (χ2v) is 7.37. The average molecular weight is 315 g/mol. The molecular formula is C15H23ClN2OS. The molecule has 0 bridgehead atoms. The highest BCUT2D eigenvalue weighted by molar-refractivity contribution is 7.12. The first-order valence-corrected chi connectivity index (χ1v) is 8.02. The van der Waals surface area contributed by atoms with Crippen LogP contribution in [0, 0.1) is 12.3 Å². The highest BCUT2D eigenvalue weighted by atomic mass is 35.5. The third kappa shape index (κ3) is 3.35. The first-order valence-electron chi connectivity index (χ1n) is 7.21. The van der Waals surface area contributed by atoms with Crippen molar-refractivity contribution in [2.45, 2.75) is 32.6 Å². The summed E-state index contributed by atoms with van der Waals surface area (Å²) in [6.07, 6.45) is 4.23.